The van der Waals surface area contributed by atoms with Crippen LogP contribution in [-0.4, -0.2) is 29.0 Å². The molecule has 0 spiro atoms. The number of benzene rings is 3. The molecule has 1 heterocycles. The Bertz CT molecular complexity index is 1260. The minimum atomic E-state index is -4.45. The fourth-order valence-corrected chi connectivity index (χ4v) is 3.79. The van der Waals surface area contributed by atoms with Gasteiger partial charge in [-0.3, -0.25) is 4.90 Å². The van der Waals surface area contributed by atoms with E-state index in [9.17, 15) is 18.0 Å². The molecule has 4 nitrogen and oxygen atoms in total. The third kappa shape index (κ3) is 5.45. The molecular formula is C28H25F3N2O2. The Balaban J connectivity index is 1.93. The van der Waals surface area contributed by atoms with Gasteiger partial charge in [-0.05, 0) is 62.2 Å². The summed E-state index contributed by atoms with van der Waals surface area (Å²) in [6, 6.07) is 21.9. The number of rotatable bonds is 4. The number of amidine groups is 1. The second-order valence-corrected chi connectivity index (χ2v) is 9.02. The summed E-state index contributed by atoms with van der Waals surface area (Å²) < 4.78 is 44.6. The molecule has 0 N–H and O–H groups in total. The lowest BCUT2D eigenvalue weighted by molar-refractivity contribution is -0.137. The van der Waals surface area contributed by atoms with Gasteiger partial charge in [0.1, 0.15) is 12.4 Å². The number of ether oxygens (including phenoxy) is 1. The molecule has 0 bridgehead atoms. The van der Waals surface area contributed by atoms with Crippen LogP contribution in [0, 0.1) is 6.92 Å². The SMILES string of the molecule is Cc1ccc(/C=C(/C(=Nc2ccc(C(F)(F)F)cc2)N2C(=O)OCC2(C)C)c2ccccc2)cc1. The molecule has 1 amide bonds. The second kappa shape index (κ2) is 9.41. The Morgan fingerprint density at radius 3 is 2.14 bits per heavy atom. The summed E-state index contributed by atoms with van der Waals surface area (Å²) in [7, 11) is 0. The lowest BCUT2D eigenvalue weighted by Crippen LogP contribution is -2.46. The molecule has 0 atom stereocenters. The van der Waals surface area contributed by atoms with Crippen molar-refractivity contribution in [2.75, 3.05) is 6.61 Å². The molecule has 4 rings (SSSR count). The average molecular weight is 479 g/mol. The van der Waals surface area contributed by atoms with Gasteiger partial charge in [0.25, 0.3) is 0 Å². The highest BCUT2D eigenvalue weighted by atomic mass is 19.4. The number of halogens is 3. The van der Waals surface area contributed by atoms with Gasteiger partial charge in [0.2, 0.25) is 0 Å². The van der Waals surface area contributed by atoms with Crippen molar-refractivity contribution in [2.45, 2.75) is 32.5 Å². The Hall–Kier alpha value is -3.87. The number of hydrogen-bond donors (Lipinski definition) is 0. The number of carbonyl (C=O) groups is 1. The van der Waals surface area contributed by atoms with Crippen LogP contribution in [0.1, 0.15) is 36.1 Å². The zero-order valence-corrected chi connectivity index (χ0v) is 19.6. The first-order chi connectivity index (χ1) is 16.5. The van der Waals surface area contributed by atoms with E-state index in [1.54, 1.807) is 0 Å². The lowest BCUT2D eigenvalue weighted by Gasteiger charge is -2.30. The summed E-state index contributed by atoms with van der Waals surface area (Å²) in [6.07, 6.45) is -3.10. The third-order valence-corrected chi connectivity index (χ3v) is 5.69. The number of carbonyl (C=O) groups excluding carboxylic acids is 1. The first kappa shape index (κ1) is 24.3. The minimum Gasteiger partial charge on any atom is -0.447 e. The monoisotopic (exact) mass is 478 g/mol. The maximum absolute atomic E-state index is 13.1. The van der Waals surface area contributed by atoms with Crippen LogP contribution in [0.15, 0.2) is 83.9 Å². The van der Waals surface area contributed by atoms with Crippen LogP contribution in [-0.2, 0) is 10.9 Å². The largest absolute Gasteiger partial charge is 0.447 e. The van der Waals surface area contributed by atoms with E-state index >= 15 is 0 Å². The quantitative estimate of drug-likeness (QED) is 0.221. The van der Waals surface area contributed by atoms with Crippen LogP contribution in [0.4, 0.5) is 23.7 Å². The number of hydrogen-bond acceptors (Lipinski definition) is 3. The first-order valence-corrected chi connectivity index (χ1v) is 11.1. The molecule has 0 aromatic heterocycles. The molecule has 0 aliphatic carbocycles. The van der Waals surface area contributed by atoms with Crippen LogP contribution in [0.3, 0.4) is 0 Å². The number of cyclic esters (lactones) is 1. The van der Waals surface area contributed by atoms with Crippen molar-refractivity contribution in [3.63, 3.8) is 0 Å². The zero-order valence-electron chi connectivity index (χ0n) is 19.6. The summed E-state index contributed by atoms with van der Waals surface area (Å²) in [5.41, 5.74) is 2.23. The number of aliphatic imine (C=N–C) groups is 1. The Labute approximate surface area is 202 Å². The number of alkyl halides is 3. The highest BCUT2D eigenvalue weighted by Crippen LogP contribution is 2.34. The summed E-state index contributed by atoms with van der Waals surface area (Å²) in [4.78, 5) is 19.1. The maximum atomic E-state index is 13.1. The predicted octanol–water partition coefficient (Wildman–Crippen LogP) is 7.52. The van der Waals surface area contributed by atoms with E-state index in [2.05, 4.69) is 0 Å². The van der Waals surface area contributed by atoms with Gasteiger partial charge >= 0.3 is 12.3 Å². The molecule has 0 unspecified atom stereocenters. The van der Waals surface area contributed by atoms with Crippen molar-refractivity contribution in [1.82, 2.24) is 4.90 Å². The fourth-order valence-electron chi connectivity index (χ4n) is 3.79. The summed E-state index contributed by atoms with van der Waals surface area (Å²) >= 11 is 0. The number of nitrogens with zero attached hydrogens (tertiary/aromatic N) is 2. The van der Waals surface area contributed by atoms with Crippen molar-refractivity contribution in [2.24, 2.45) is 4.99 Å². The molecule has 3 aromatic rings. The van der Waals surface area contributed by atoms with Crippen molar-refractivity contribution < 1.29 is 22.7 Å². The van der Waals surface area contributed by atoms with Crippen LogP contribution in [0.25, 0.3) is 11.6 Å². The van der Waals surface area contributed by atoms with Crippen molar-refractivity contribution in [3.8, 4) is 0 Å². The van der Waals surface area contributed by atoms with Gasteiger partial charge in [0.15, 0.2) is 0 Å². The van der Waals surface area contributed by atoms with Crippen LogP contribution in [0.2, 0.25) is 0 Å². The zero-order chi connectivity index (χ0) is 25.2. The second-order valence-electron chi connectivity index (χ2n) is 9.02. The minimum absolute atomic E-state index is 0.157. The summed E-state index contributed by atoms with van der Waals surface area (Å²) in [6.45, 7) is 5.86. The maximum Gasteiger partial charge on any atom is 0.416 e. The van der Waals surface area contributed by atoms with Gasteiger partial charge in [-0.1, -0.05) is 60.2 Å². The van der Waals surface area contributed by atoms with Crippen molar-refractivity contribution in [1.29, 1.82) is 0 Å². The van der Waals surface area contributed by atoms with Gasteiger partial charge in [0.05, 0.1) is 16.8 Å². The Kier molecular flexibility index (Phi) is 6.52. The molecule has 3 aromatic carbocycles. The van der Waals surface area contributed by atoms with Crippen LogP contribution < -0.4 is 0 Å². The highest BCUT2D eigenvalue weighted by Gasteiger charge is 2.44. The summed E-state index contributed by atoms with van der Waals surface area (Å²) in [5, 5.41) is 0. The molecule has 0 saturated carbocycles. The summed E-state index contributed by atoms with van der Waals surface area (Å²) in [5.74, 6) is 0.295. The standard InChI is InChI=1S/C28H25F3N2O2/c1-19-9-11-20(12-10-19)17-24(21-7-5-4-6-8-21)25(33-26(34)35-18-27(33,2)3)32-23-15-13-22(14-16-23)28(29,30)31/h4-17H,18H2,1-3H3/b24-17+,32-25?. The molecule has 7 heteroatoms. The molecule has 0 radical (unpaired) electrons. The van der Waals surface area contributed by atoms with E-state index in [1.165, 1.54) is 17.0 Å². The Morgan fingerprint density at radius 1 is 0.971 bits per heavy atom. The molecule has 1 aliphatic heterocycles. The van der Waals surface area contributed by atoms with E-state index in [0.29, 0.717) is 11.4 Å². The Morgan fingerprint density at radius 2 is 1.60 bits per heavy atom. The third-order valence-electron chi connectivity index (χ3n) is 5.69. The van der Waals surface area contributed by atoms with Gasteiger partial charge in [0, 0.05) is 5.57 Å². The van der Waals surface area contributed by atoms with E-state index < -0.39 is 23.4 Å². The van der Waals surface area contributed by atoms with Gasteiger partial charge in [-0.2, -0.15) is 13.2 Å². The normalized spacial score (nSPS) is 16.4. The molecule has 1 fully saturated rings. The van der Waals surface area contributed by atoms with Crippen molar-refractivity contribution >= 4 is 29.3 Å². The first-order valence-electron chi connectivity index (χ1n) is 11.1. The molecule has 1 saturated heterocycles. The average Bonchev–Trinajstić information content (AvgIpc) is 3.09. The molecular weight excluding hydrogens is 453 g/mol. The predicted molar refractivity (Wildman–Crippen MR) is 131 cm³/mol. The molecule has 180 valence electrons. The van der Waals surface area contributed by atoms with E-state index in [0.717, 1.165) is 28.8 Å². The van der Waals surface area contributed by atoms with Gasteiger partial charge < -0.3 is 4.74 Å². The van der Waals surface area contributed by atoms with Gasteiger partial charge in [-0.25, -0.2) is 9.79 Å². The van der Waals surface area contributed by atoms with E-state index in [1.807, 2.05) is 81.4 Å². The molecule has 35 heavy (non-hydrogen) atoms. The fraction of sp³-hybridized carbons (Fsp3) is 0.214. The van der Waals surface area contributed by atoms with Crippen LogP contribution >= 0.6 is 0 Å². The van der Waals surface area contributed by atoms with E-state index in [4.69, 9.17) is 9.73 Å². The number of amides is 1. The topological polar surface area (TPSA) is 41.9 Å². The highest BCUT2D eigenvalue weighted by molar-refractivity contribution is 6.30. The lowest BCUT2D eigenvalue weighted by atomic mass is 9.97. The van der Waals surface area contributed by atoms with Crippen molar-refractivity contribution in [3.05, 3.63) is 101 Å². The number of aryl methyl sites for hydroxylation is 1. The van der Waals surface area contributed by atoms with E-state index in [-0.39, 0.29) is 12.3 Å². The van der Waals surface area contributed by atoms with Crippen LogP contribution in [0.5, 0.6) is 0 Å². The molecule has 1 aliphatic rings. The smallest absolute Gasteiger partial charge is 0.416 e. The van der Waals surface area contributed by atoms with Gasteiger partial charge in [-0.15, -0.1) is 0 Å².